The van der Waals surface area contributed by atoms with E-state index in [2.05, 4.69) is 15.3 Å². The topological polar surface area (TPSA) is 101 Å². The Kier molecular flexibility index (Phi) is 6.06. The van der Waals surface area contributed by atoms with Crippen LogP contribution in [0.4, 0.5) is 11.5 Å². The monoisotopic (exact) mass is 378 g/mol. The molecule has 6 nitrogen and oxygen atoms in total. The van der Waals surface area contributed by atoms with Crippen LogP contribution < -0.4 is 16.6 Å². The predicted octanol–water partition coefficient (Wildman–Crippen LogP) is 3.41. The summed E-state index contributed by atoms with van der Waals surface area (Å²) >= 11 is 1.35. The quantitative estimate of drug-likeness (QED) is 0.451. The van der Waals surface area contributed by atoms with Crippen LogP contribution in [0.2, 0.25) is 0 Å². The van der Waals surface area contributed by atoms with Gasteiger partial charge < -0.3 is 11.1 Å². The number of hydrogen-bond donors (Lipinski definition) is 3. The Morgan fingerprint density at radius 2 is 1.78 bits per heavy atom. The summed E-state index contributed by atoms with van der Waals surface area (Å²) in [5.74, 6) is 0.186. The largest absolute Gasteiger partial charge is 0.382 e. The average molecular weight is 378 g/mol. The zero-order valence-electron chi connectivity index (χ0n) is 14.4. The summed E-state index contributed by atoms with van der Waals surface area (Å²) in [7, 11) is 0. The van der Waals surface area contributed by atoms with Gasteiger partial charge in [-0.3, -0.25) is 14.6 Å². The summed E-state index contributed by atoms with van der Waals surface area (Å²) in [4.78, 5) is 31.2. The summed E-state index contributed by atoms with van der Waals surface area (Å²) < 4.78 is 0. The van der Waals surface area contributed by atoms with Crippen LogP contribution in [0.5, 0.6) is 0 Å². The molecular formula is C20H18N4O2S. The average Bonchev–Trinajstić information content (AvgIpc) is 2.69. The van der Waals surface area contributed by atoms with Crippen molar-refractivity contribution < 1.29 is 4.79 Å². The Balaban J connectivity index is 1.65. The number of anilines is 2. The van der Waals surface area contributed by atoms with Crippen LogP contribution in [0.3, 0.4) is 0 Å². The van der Waals surface area contributed by atoms with Crippen molar-refractivity contribution in [1.29, 1.82) is 0 Å². The third kappa shape index (κ3) is 5.08. The number of hydrogen-bond acceptors (Lipinski definition) is 5. The molecule has 4 N–H and O–H groups in total. The molecule has 3 rings (SSSR count). The number of aromatic nitrogens is 2. The van der Waals surface area contributed by atoms with Crippen LogP contribution in [0.25, 0.3) is 6.08 Å². The molecule has 0 fully saturated rings. The van der Waals surface area contributed by atoms with Crippen LogP contribution in [-0.2, 0) is 0 Å². The maximum atomic E-state index is 12.3. The summed E-state index contributed by atoms with van der Waals surface area (Å²) in [5.41, 5.74) is 6.86. The summed E-state index contributed by atoms with van der Waals surface area (Å²) in [6.07, 6.45) is 3.96. The molecule has 2 aromatic carbocycles. The number of nitrogen functional groups attached to an aromatic ring is 1. The Morgan fingerprint density at radius 3 is 2.44 bits per heavy atom. The van der Waals surface area contributed by atoms with Crippen molar-refractivity contribution in [3.8, 4) is 0 Å². The number of H-pyrrole nitrogens is 1. The number of amides is 1. The highest BCUT2D eigenvalue weighted by Gasteiger charge is 2.13. The lowest BCUT2D eigenvalue weighted by molar-refractivity contribution is 0.102. The lowest BCUT2D eigenvalue weighted by Gasteiger charge is -2.08. The maximum absolute atomic E-state index is 12.3. The van der Waals surface area contributed by atoms with Gasteiger partial charge >= 0.3 is 0 Å². The third-order valence-electron chi connectivity index (χ3n) is 3.63. The molecule has 1 amide bonds. The predicted molar refractivity (Wildman–Crippen MR) is 110 cm³/mol. The fourth-order valence-corrected chi connectivity index (χ4v) is 2.99. The molecule has 0 saturated carbocycles. The van der Waals surface area contributed by atoms with E-state index in [-0.39, 0.29) is 11.5 Å². The Morgan fingerprint density at radius 1 is 1.11 bits per heavy atom. The first-order chi connectivity index (χ1) is 13.1. The van der Waals surface area contributed by atoms with Gasteiger partial charge in [0.2, 0.25) is 0 Å². The van der Waals surface area contributed by atoms with Gasteiger partial charge in [-0.2, -0.15) is 0 Å². The minimum absolute atomic E-state index is 0.0161. The molecule has 1 aromatic heterocycles. The van der Waals surface area contributed by atoms with Crippen molar-refractivity contribution in [3.63, 3.8) is 0 Å². The van der Waals surface area contributed by atoms with Crippen molar-refractivity contribution in [1.82, 2.24) is 9.97 Å². The summed E-state index contributed by atoms with van der Waals surface area (Å²) in [6.45, 7) is 0. The van der Waals surface area contributed by atoms with Gasteiger partial charge in [-0.25, -0.2) is 4.98 Å². The molecule has 136 valence electrons. The Bertz CT molecular complexity index is 1000. The number of benzene rings is 2. The Hall–Kier alpha value is -3.32. The van der Waals surface area contributed by atoms with Crippen LogP contribution in [0, 0.1) is 0 Å². The van der Waals surface area contributed by atoms with Crippen molar-refractivity contribution in [2.24, 2.45) is 0 Å². The fraction of sp³-hybridized carbons (Fsp3) is 0.0500. The SMILES string of the molecule is Nc1nc(SC/C=C/c2ccccc2)[nH]c(=O)c1NC(=O)c1ccccc1. The van der Waals surface area contributed by atoms with Crippen LogP contribution in [-0.4, -0.2) is 21.6 Å². The van der Waals surface area contributed by atoms with E-state index < -0.39 is 11.5 Å². The third-order valence-corrected chi connectivity index (χ3v) is 4.45. The second kappa shape index (κ2) is 8.86. The highest BCUT2D eigenvalue weighted by molar-refractivity contribution is 7.99. The zero-order chi connectivity index (χ0) is 19.1. The smallest absolute Gasteiger partial charge is 0.277 e. The summed E-state index contributed by atoms with van der Waals surface area (Å²) in [5, 5.41) is 2.91. The standard InChI is InChI=1S/C20H18N4O2S/c21-17-16(22-18(25)15-11-5-2-6-12-15)19(26)24-20(23-17)27-13-7-10-14-8-3-1-4-9-14/h1-12H,13H2,(H,22,25)(H3,21,23,24,26)/b10-7+. The van der Waals surface area contributed by atoms with Gasteiger partial charge in [0.1, 0.15) is 5.69 Å². The van der Waals surface area contributed by atoms with E-state index in [1.165, 1.54) is 11.8 Å². The molecule has 0 spiro atoms. The van der Waals surface area contributed by atoms with Gasteiger partial charge in [0.15, 0.2) is 11.0 Å². The number of carbonyl (C=O) groups excluding carboxylic acids is 1. The molecule has 1 heterocycles. The molecule has 0 unspecified atom stereocenters. The minimum atomic E-state index is -0.485. The molecule has 0 radical (unpaired) electrons. The van der Waals surface area contributed by atoms with Gasteiger partial charge in [-0.1, -0.05) is 72.4 Å². The lowest BCUT2D eigenvalue weighted by Crippen LogP contribution is -2.23. The lowest BCUT2D eigenvalue weighted by atomic mass is 10.2. The van der Waals surface area contributed by atoms with Gasteiger partial charge in [-0.05, 0) is 17.7 Å². The van der Waals surface area contributed by atoms with E-state index in [4.69, 9.17) is 5.73 Å². The first-order valence-electron chi connectivity index (χ1n) is 8.24. The number of carbonyl (C=O) groups is 1. The van der Waals surface area contributed by atoms with Crippen LogP contribution in [0.15, 0.2) is 76.7 Å². The minimum Gasteiger partial charge on any atom is -0.382 e. The van der Waals surface area contributed by atoms with Crippen molar-refractivity contribution in [2.75, 3.05) is 16.8 Å². The van der Waals surface area contributed by atoms with E-state index in [0.29, 0.717) is 16.5 Å². The number of nitrogens with two attached hydrogens (primary N) is 1. The maximum Gasteiger partial charge on any atom is 0.277 e. The second-order valence-electron chi connectivity index (χ2n) is 5.58. The van der Waals surface area contributed by atoms with Crippen molar-refractivity contribution in [3.05, 3.63) is 88.2 Å². The number of nitrogens with zero attached hydrogens (tertiary/aromatic N) is 1. The molecule has 0 aliphatic rings. The molecule has 0 aliphatic carbocycles. The molecule has 27 heavy (non-hydrogen) atoms. The van der Waals surface area contributed by atoms with Crippen molar-refractivity contribution in [2.45, 2.75) is 5.16 Å². The molecule has 0 bridgehead atoms. The summed E-state index contributed by atoms with van der Waals surface area (Å²) in [6, 6.07) is 18.5. The van der Waals surface area contributed by atoms with E-state index >= 15 is 0 Å². The molecule has 0 saturated heterocycles. The van der Waals surface area contributed by atoms with E-state index in [1.807, 2.05) is 42.5 Å². The van der Waals surface area contributed by atoms with Gasteiger partial charge in [0, 0.05) is 11.3 Å². The number of thioether (sulfide) groups is 1. The van der Waals surface area contributed by atoms with E-state index in [0.717, 1.165) is 5.56 Å². The van der Waals surface area contributed by atoms with Gasteiger partial charge in [-0.15, -0.1) is 0 Å². The first kappa shape index (κ1) is 18.5. The van der Waals surface area contributed by atoms with E-state index in [1.54, 1.807) is 30.3 Å². The van der Waals surface area contributed by atoms with E-state index in [9.17, 15) is 9.59 Å². The Labute approximate surface area is 160 Å². The molecular weight excluding hydrogens is 360 g/mol. The first-order valence-corrected chi connectivity index (χ1v) is 9.22. The zero-order valence-corrected chi connectivity index (χ0v) is 15.2. The van der Waals surface area contributed by atoms with Crippen molar-refractivity contribution >= 4 is 35.3 Å². The highest BCUT2D eigenvalue weighted by atomic mass is 32.2. The molecule has 7 heteroatoms. The van der Waals surface area contributed by atoms with Crippen LogP contribution in [0.1, 0.15) is 15.9 Å². The number of nitrogens with one attached hydrogen (secondary N) is 2. The van der Waals surface area contributed by atoms with Gasteiger partial charge in [0.05, 0.1) is 0 Å². The second-order valence-corrected chi connectivity index (χ2v) is 6.58. The van der Waals surface area contributed by atoms with Crippen LogP contribution >= 0.6 is 11.8 Å². The normalized spacial score (nSPS) is 10.8. The molecule has 0 atom stereocenters. The molecule has 3 aromatic rings. The highest BCUT2D eigenvalue weighted by Crippen LogP contribution is 2.17. The van der Waals surface area contributed by atoms with Gasteiger partial charge in [0.25, 0.3) is 11.5 Å². The number of rotatable bonds is 6. The number of aromatic amines is 1. The fourth-order valence-electron chi connectivity index (χ4n) is 2.31. The molecule has 0 aliphatic heterocycles.